The quantitative estimate of drug-likeness (QED) is 0.249. The number of piperidine rings is 1. The van der Waals surface area contributed by atoms with Crippen molar-refractivity contribution < 1.29 is 22.4 Å². The van der Waals surface area contributed by atoms with Gasteiger partial charge in [0.1, 0.15) is 11.0 Å². The van der Waals surface area contributed by atoms with E-state index in [2.05, 4.69) is 15.2 Å². The van der Waals surface area contributed by atoms with E-state index >= 15 is 0 Å². The fourth-order valence-electron chi connectivity index (χ4n) is 5.38. The number of hydrogen-bond acceptors (Lipinski definition) is 3. The van der Waals surface area contributed by atoms with Gasteiger partial charge >= 0.3 is 12.2 Å². The minimum atomic E-state index is -4.36. The molecule has 2 amide bonds. The highest BCUT2D eigenvalue weighted by Gasteiger charge is 2.46. The molecule has 0 unspecified atom stereocenters. The second kappa shape index (κ2) is 11.4. The first-order valence-corrected chi connectivity index (χ1v) is 13.5. The van der Waals surface area contributed by atoms with E-state index < -0.39 is 23.0 Å². The van der Waals surface area contributed by atoms with Crippen LogP contribution in [-0.4, -0.2) is 42.1 Å². The number of alkyl halides is 3. The van der Waals surface area contributed by atoms with Crippen LogP contribution >= 0.6 is 23.2 Å². The lowest BCUT2D eigenvalue weighted by Gasteiger charge is -2.39. The van der Waals surface area contributed by atoms with Crippen LogP contribution in [0.2, 0.25) is 10.2 Å². The molecule has 11 heteroatoms. The molecule has 0 saturated carbocycles. The number of aromatic nitrogens is 1. The standard InChI is InChI=1S/C29H26Cl2F4N4O/c30-23-16-25-22(15-24(23)32)28(18-39(25)27(40)37-17-20-7-10-36-26(31)14-20)8-12-38(13-9-28)11-1-2-19-3-5-21(6-4-19)29(33,34)35/h1-7,10,14-16H,8-9,11-13,17-18H2,(H,37,40)/b2-1+. The van der Waals surface area contributed by atoms with Crippen LogP contribution in [-0.2, 0) is 18.1 Å². The van der Waals surface area contributed by atoms with Gasteiger partial charge < -0.3 is 5.32 Å². The molecule has 1 saturated heterocycles. The molecule has 2 aliphatic heterocycles. The van der Waals surface area contributed by atoms with Crippen molar-refractivity contribution in [3.63, 3.8) is 0 Å². The van der Waals surface area contributed by atoms with Crippen molar-refractivity contribution in [1.29, 1.82) is 0 Å². The third-order valence-electron chi connectivity index (χ3n) is 7.57. The molecule has 2 aromatic carbocycles. The summed E-state index contributed by atoms with van der Waals surface area (Å²) in [5.41, 5.74) is 1.78. The second-order valence-corrected chi connectivity index (χ2v) is 10.9. The first-order chi connectivity index (χ1) is 19.0. The average Bonchev–Trinajstić information content (AvgIpc) is 3.21. The molecule has 210 valence electrons. The van der Waals surface area contributed by atoms with E-state index in [-0.39, 0.29) is 17.6 Å². The molecular formula is C29H26Cl2F4N4O. The van der Waals surface area contributed by atoms with Crippen LogP contribution in [0.3, 0.4) is 0 Å². The largest absolute Gasteiger partial charge is 0.416 e. The number of urea groups is 1. The van der Waals surface area contributed by atoms with Crippen LogP contribution in [0.5, 0.6) is 0 Å². The highest BCUT2D eigenvalue weighted by molar-refractivity contribution is 6.31. The molecule has 1 aromatic heterocycles. The molecule has 0 atom stereocenters. The van der Waals surface area contributed by atoms with Crippen molar-refractivity contribution in [3.05, 3.63) is 99.1 Å². The zero-order chi connectivity index (χ0) is 28.5. The number of amides is 2. The zero-order valence-corrected chi connectivity index (χ0v) is 22.8. The van der Waals surface area contributed by atoms with E-state index in [4.69, 9.17) is 23.2 Å². The molecule has 40 heavy (non-hydrogen) atoms. The number of likely N-dealkylation sites (tertiary alicyclic amines) is 1. The Morgan fingerprint density at radius 1 is 1.07 bits per heavy atom. The van der Waals surface area contributed by atoms with Crippen molar-refractivity contribution in [1.82, 2.24) is 15.2 Å². The predicted octanol–water partition coefficient (Wildman–Crippen LogP) is 7.32. The van der Waals surface area contributed by atoms with Gasteiger partial charge in [0.15, 0.2) is 0 Å². The third kappa shape index (κ3) is 6.11. The van der Waals surface area contributed by atoms with E-state index in [1.54, 1.807) is 29.3 Å². The summed E-state index contributed by atoms with van der Waals surface area (Å²) >= 11 is 12.1. The van der Waals surface area contributed by atoms with Crippen LogP contribution in [0.1, 0.15) is 35.1 Å². The van der Waals surface area contributed by atoms with Crippen LogP contribution in [0.4, 0.5) is 28.0 Å². The number of carbonyl (C=O) groups is 1. The summed E-state index contributed by atoms with van der Waals surface area (Å²) in [5.74, 6) is -0.518. The molecule has 1 fully saturated rings. The lowest BCUT2D eigenvalue weighted by Crippen LogP contribution is -2.47. The molecule has 3 aromatic rings. The van der Waals surface area contributed by atoms with Crippen LogP contribution in [0.25, 0.3) is 6.08 Å². The van der Waals surface area contributed by atoms with Gasteiger partial charge in [-0.15, -0.1) is 0 Å². The van der Waals surface area contributed by atoms with Gasteiger partial charge in [-0.25, -0.2) is 14.2 Å². The molecule has 0 radical (unpaired) electrons. The minimum Gasteiger partial charge on any atom is -0.334 e. The Labute approximate surface area is 239 Å². The Kier molecular flexibility index (Phi) is 8.08. The SMILES string of the molecule is O=C(NCc1ccnc(Cl)c1)N1CC2(CCN(C/C=C/c3ccc(C(F)(F)F)cc3)CC2)c2cc(F)c(Cl)cc21. The predicted molar refractivity (Wildman–Crippen MR) is 148 cm³/mol. The molecule has 5 nitrogen and oxygen atoms in total. The first kappa shape index (κ1) is 28.4. The number of pyridine rings is 1. The van der Waals surface area contributed by atoms with Gasteiger partial charge in [0.2, 0.25) is 0 Å². The third-order valence-corrected chi connectivity index (χ3v) is 8.06. The summed E-state index contributed by atoms with van der Waals surface area (Å²) in [4.78, 5) is 21.1. The van der Waals surface area contributed by atoms with Crippen LogP contribution in [0, 0.1) is 5.82 Å². The van der Waals surface area contributed by atoms with Crippen LogP contribution < -0.4 is 10.2 Å². The number of anilines is 1. The summed E-state index contributed by atoms with van der Waals surface area (Å²) in [6, 6.07) is 11.1. The van der Waals surface area contributed by atoms with Crippen molar-refractivity contribution in [2.75, 3.05) is 31.1 Å². The highest BCUT2D eigenvalue weighted by atomic mass is 35.5. The molecule has 0 bridgehead atoms. The number of nitrogens with one attached hydrogen (secondary N) is 1. The van der Waals surface area contributed by atoms with Crippen molar-refractivity contribution in [3.8, 4) is 0 Å². The summed E-state index contributed by atoms with van der Waals surface area (Å²) in [6.45, 7) is 2.71. The average molecular weight is 593 g/mol. The summed E-state index contributed by atoms with van der Waals surface area (Å²) in [5, 5.41) is 3.20. The van der Waals surface area contributed by atoms with Crippen molar-refractivity contribution in [2.24, 2.45) is 0 Å². The Bertz CT molecular complexity index is 1420. The monoisotopic (exact) mass is 592 g/mol. The number of carbonyl (C=O) groups excluding carboxylic acids is 1. The Balaban J connectivity index is 1.24. The van der Waals surface area contributed by atoms with E-state index in [9.17, 15) is 22.4 Å². The maximum absolute atomic E-state index is 14.6. The molecule has 5 rings (SSSR count). The number of halogens is 6. The van der Waals surface area contributed by atoms with Gasteiger partial charge in [-0.05, 0) is 79.0 Å². The van der Waals surface area contributed by atoms with Crippen LogP contribution in [0.15, 0.2) is 60.8 Å². The topological polar surface area (TPSA) is 48.5 Å². The fraction of sp³-hybridized carbons (Fsp3) is 0.310. The highest BCUT2D eigenvalue weighted by Crippen LogP contribution is 2.48. The molecule has 3 heterocycles. The summed E-state index contributed by atoms with van der Waals surface area (Å²) in [6.07, 6.45) is 2.35. The molecular weight excluding hydrogens is 567 g/mol. The van der Waals surface area contributed by atoms with E-state index in [0.717, 1.165) is 23.3 Å². The smallest absolute Gasteiger partial charge is 0.334 e. The normalized spacial score (nSPS) is 17.0. The second-order valence-electron chi connectivity index (χ2n) is 10.1. The van der Waals surface area contributed by atoms with Crippen molar-refractivity contribution >= 4 is 41.0 Å². The molecule has 0 aliphatic carbocycles. The number of fused-ring (bicyclic) bond motifs is 2. The molecule has 2 aliphatic rings. The number of benzene rings is 2. The maximum Gasteiger partial charge on any atom is 0.416 e. The van der Waals surface area contributed by atoms with Gasteiger partial charge in [0.05, 0.1) is 16.3 Å². The molecule has 1 N–H and O–H groups in total. The number of hydrogen-bond donors (Lipinski definition) is 1. The van der Waals surface area contributed by atoms with Gasteiger partial charge in [-0.1, -0.05) is 47.5 Å². The van der Waals surface area contributed by atoms with E-state index in [0.29, 0.717) is 55.4 Å². The summed E-state index contributed by atoms with van der Waals surface area (Å²) in [7, 11) is 0. The fourth-order valence-corrected chi connectivity index (χ4v) is 5.73. The lowest BCUT2D eigenvalue weighted by molar-refractivity contribution is -0.137. The zero-order valence-electron chi connectivity index (χ0n) is 21.3. The minimum absolute atomic E-state index is 0.0413. The van der Waals surface area contributed by atoms with Gasteiger partial charge in [-0.2, -0.15) is 13.2 Å². The maximum atomic E-state index is 14.6. The Hall–Kier alpha value is -3.14. The van der Waals surface area contributed by atoms with Crippen molar-refractivity contribution in [2.45, 2.75) is 31.0 Å². The first-order valence-electron chi connectivity index (χ1n) is 12.8. The Morgan fingerprint density at radius 3 is 2.48 bits per heavy atom. The molecule has 1 spiro atoms. The van der Waals surface area contributed by atoms with E-state index in [1.807, 2.05) is 6.08 Å². The van der Waals surface area contributed by atoms with Gasteiger partial charge in [-0.3, -0.25) is 9.80 Å². The van der Waals surface area contributed by atoms with Gasteiger partial charge in [0.25, 0.3) is 0 Å². The number of rotatable bonds is 5. The number of nitrogens with zero attached hydrogens (tertiary/aromatic N) is 3. The van der Waals surface area contributed by atoms with Gasteiger partial charge in [0, 0.05) is 31.2 Å². The lowest BCUT2D eigenvalue weighted by atomic mass is 9.74. The summed E-state index contributed by atoms with van der Waals surface area (Å²) < 4.78 is 52.9. The van der Waals surface area contributed by atoms with E-state index in [1.165, 1.54) is 24.3 Å². The Morgan fingerprint density at radius 2 is 1.80 bits per heavy atom.